The first-order valence-electron chi connectivity index (χ1n) is 7.36. The molecule has 0 unspecified atom stereocenters. The lowest BCUT2D eigenvalue weighted by atomic mass is 10.0. The number of nitrogens with one attached hydrogen (secondary N) is 1. The zero-order chi connectivity index (χ0) is 17.9. The Balaban J connectivity index is 2.49. The SMILES string of the molecule is CC(=O)/C=C/c1c(Oc2c(C)cc(C(C)=O)cc2C)nc[nH]c1=O. The first-order chi connectivity index (χ1) is 11.3. The molecule has 1 heterocycles. The Bertz CT molecular complexity index is 871. The lowest BCUT2D eigenvalue weighted by Gasteiger charge is -2.13. The van der Waals surface area contributed by atoms with Gasteiger partial charge in [-0.05, 0) is 63.1 Å². The number of aromatic nitrogens is 2. The molecule has 2 rings (SSSR count). The van der Waals surface area contributed by atoms with E-state index in [9.17, 15) is 14.4 Å². The third-order valence-electron chi connectivity index (χ3n) is 3.40. The summed E-state index contributed by atoms with van der Waals surface area (Å²) < 4.78 is 5.81. The molecular formula is C18H18N2O4. The van der Waals surface area contributed by atoms with Crippen LogP contribution < -0.4 is 10.3 Å². The Morgan fingerprint density at radius 2 is 1.79 bits per heavy atom. The highest BCUT2D eigenvalue weighted by Crippen LogP contribution is 2.30. The predicted octanol–water partition coefficient (Wildman–Crippen LogP) is 2.98. The van der Waals surface area contributed by atoms with Crippen molar-refractivity contribution in [1.82, 2.24) is 9.97 Å². The van der Waals surface area contributed by atoms with Crippen LogP contribution in [0.5, 0.6) is 11.6 Å². The molecule has 2 aromatic rings. The summed E-state index contributed by atoms with van der Waals surface area (Å²) in [6, 6.07) is 3.45. The van der Waals surface area contributed by atoms with Crippen molar-refractivity contribution in [2.45, 2.75) is 27.7 Å². The van der Waals surface area contributed by atoms with Gasteiger partial charge < -0.3 is 9.72 Å². The lowest BCUT2D eigenvalue weighted by Crippen LogP contribution is -2.12. The molecule has 0 amide bonds. The fourth-order valence-electron chi connectivity index (χ4n) is 2.23. The molecule has 1 aromatic carbocycles. The number of carbonyl (C=O) groups excluding carboxylic acids is 2. The Morgan fingerprint density at radius 1 is 1.17 bits per heavy atom. The van der Waals surface area contributed by atoms with Crippen molar-refractivity contribution in [2.24, 2.45) is 0 Å². The standard InChI is InChI=1S/C18H18N2O4/c1-10-7-14(13(4)22)8-11(2)16(10)24-18-15(6-5-12(3)21)17(23)19-9-20-18/h5-9H,1-4H3,(H,19,20,23)/b6-5+. The third-order valence-corrected chi connectivity index (χ3v) is 3.40. The number of Topliss-reactive ketones (excluding diaryl/α,β-unsaturated/α-hetero) is 1. The molecule has 0 aliphatic rings. The van der Waals surface area contributed by atoms with Gasteiger partial charge in [0.25, 0.3) is 5.56 Å². The van der Waals surface area contributed by atoms with Crippen molar-refractivity contribution in [3.05, 3.63) is 57.1 Å². The lowest BCUT2D eigenvalue weighted by molar-refractivity contribution is -0.112. The summed E-state index contributed by atoms with van der Waals surface area (Å²) in [6.45, 7) is 6.51. The zero-order valence-corrected chi connectivity index (χ0v) is 14.0. The second kappa shape index (κ2) is 7.04. The van der Waals surface area contributed by atoms with Gasteiger partial charge in [0.15, 0.2) is 11.6 Å². The number of ketones is 2. The Morgan fingerprint density at radius 3 is 2.33 bits per heavy atom. The van der Waals surface area contributed by atoms with Crippen LogP contribution in [0.4, 0.5) is 0 Å². The minimum absolute atomic E-state index is 0.0351. The van der Waals surface area contributed by atoms with E-state index in [1.165, 1.54) is 32.3 Å². The highest BCUT2D eigenvalue weighted by atomic mass is 16.5. The van der Waals surface area contributed by atoms with E-state index in [2.05, 4.69) is 9.97 Å². The number of hydrogen-bond donors (Lipinski definition) is 1. The largest absolute Gasteiger partial charge is 0.438 e. The molecule has 0 aliphatic carbocycles. The monoisotopic (exact) mass is 326 g/mol. The molecule has 0 aliphatic heterocycles. The van der Waals surface area contributed by atoms with Gasteiger partial charge in [0.05, 0.1) is 6.33 Å². The number of rotatable bonds is 5. The molecule has 6 heteroatoms. The smallest absolute Gasteiger partial charge is 0.261 e. The summed E-state index contributed by atoms with van der Waals surface area (Å²) in [5.41, 5.74) is 1.84. The number of benzene rings is 1. The normalized spacial score (nSPS) is 10.8. The minimum Gasteiger partial charge on any atom is -0.438 e. The fourth-order valence-corrected chi connectivity index (χ4v) is 2.23. The maximum absolute atomic E-state index is 12.0. The van der Waals surface area contributed by atoms with E-state index in [1.54, 1.807) is 12.1 Å². The summed E-state index contributed by atoms with van der Waals surface area (Å²) in [4.78, 5) is 41.1. The number of aryl methyl sites for hydroxylation is 2. The van der Waals surface area contributed by atoms with Crippen molar-refractivity contribution in [3.63, 3.8) is 0 Å². The number of nitrogens with zero attached hydrogens (tertiary/aromatic N) is 1. The zero-order valence-electron chi connectivity index (χ0n) is 14.0. The second-order valence-corrected chi connectivity index (χ2v) is 5.49. The van der Waals surface area contributed by atoms with Crippen LogP contribution >= 0.6 is 0 Å². The molecule has 24 heavy (non-hydrogen) atoms. The van der Waals surface area contributed by atoms with Crippen molar-refractivity contribution in [1.29, 1.82) is 0 Å². The Kier molecular flexibility index (Phi) is 5.08. The van der Waals surface area contributed by atoms with Crippen LogP contribution in [0, 0.1) is 13.8 Å². The van der Waals surface area contributed by atoms with Crippen LogP contribution in [0.2, 0.25) is 0 Å². The fraction of sp³-hybridized carbons (Fsp3) is 0.222. The van der Waals surface area contributed by atoms with Gasteiger partial charge in [-0.15, -0.1) is 0 Å². The quantitative estimate of drug-likeness (QED) is 0.674. The molecule has 0 saturated carbocycles. The van der Waals surface area contributed by atoms with Gasteiger partial charge in [0.1, 0.15) is 11.3 Å². The maximum atomic E-state index is 12.0. The molecule has 1 N–H and O–H groups in total. The van der Waals surface area contributed by atoms with Crippen molar-refractivity contribution in [3.8, 4) is 11.6 Å². The van der Waals surface area contributed by atoms with Gasteiger partial charge in [-0.1, -0.05) is 0 Å². The van der Waals surface area contributed by atoms with Crippen LogP contribution in [0.3, 0.4) is 0 Å². The molecule has 124 valence electrons. The van der Waals surface area contributed by atoms with Crippen molar-refractivity contribution >= 4 is 17.6 Å². The van der Waals surface area contributed by atoms with Crippen molar-refractivity contribution in [2.75, 3.05) is 0 Å². The summed E-state index contributed by atoms with van der Waals surface area (Å²) >= 11 is 0. The summed E-state index contributed by atoms with van der Waals surface area (Å²) in [5, 5.41) is 0. The number of ether oxygens (including phenoxy) is 1. The number of allylic oxidation sites excluding steroid dienone is 1. The van der Waals surface area contributed by atoms with Crippen LogP contribution in [0.1, 0.15) is 40.9 Å². The first-order valence-corrected chi connectivity index (χ1v) is 7.36. The molecular weight excluding hydrogens is 308 g/mol. The minimum atomic E-state index is -0.409. The van der Waals surface area contributed by atoms with Gasteiger partial charge in [-0.25, -0.2) is 4.98 Å². The second-order valence-electron chi connectivity index (χ2n) is 5.49. The summed E-state index contributed by atoms with van der Waals surface area (Å²) in [6.07, 6.45) is 3.88. The number of hydrogen-bond acceptors (Lipinski definition) is 5. The third kappa shape index (κ3) is 3.84. The predicted molar refractivity (Wildman–Crippen MR) is 90.6 cm³/mol. The van der Waals surface area contributed by atoms with E-state index in [-0.39, 0.29) is 23.0 Å². The average molecular weight is 326 g/mol. The van der Waals surface area contributed by atoms with Gasteiger partial charge in [-0.3, -0.25) is 14.4 Å². The highest BCUT2D eigenvalue weighted by Gasteiger charge is 2.14. The topological polar surface area (TPSA) is 89.1 Å². The van der Waals surface area contributed by atoms with Crippen LogP contribution in [0.25, 0.3) is 6.08 Å². The van der Waals surface area contributed by atoms with Gasteiger partial charge >= 0.3 is 0 Å². The van der Waals surface area contributed by atoms with Gasteiger partial charge in [0.2, 0.25) is 5.88 Å². The van der Waals surface area contributed by atoms with E-state index < -0.39 is 5.56 Å². The molecule has 6 nitrogen and oxygen atoms in total. The molecule has 1 aromatic heterocycles. The molecule has 0 radical (unpaired) electrons. The van der Waals surface area contributed by atoms with Crippen LogP contribution in [0.15, 0.2) is 29.3 Å². The molecule has 0 atom stereocenters. The maximum Gasteiger partial charge on any atom is 0.261 e. The van der Waals surface area contributed by atoms with Gasteiger partial charge in [0, 0.05) is 5.56 Å². The van der Waals surface area contributed by atoms with E-state index in [0.717, 1.165) is 11.1 Å². The number of carbonyl (C=O) groups is 2. The Labute approximate surface area is 139 Å². The summed E-state index contributed by atoms with van der Waals surface area (Å²) in [7, 11) is 0. The molecule has 0 saturated heterocycles. The van der Waals surface area contributed by atoms with E-state index in [1.807, 2.05) is 13.8 Å². The van der Waals surface area contributed by atoms with E-state index in [4.69, 9.17) is 4.74 Å². The molecule has 0 bridgehead atoms. The van der Waals surface area contributed by atoms with E-state index >= 15 is 0 Å². The number of H-pyrrole nitrogens is 1. The van der Waals surface area contributed by atoms with Crippen molar-refractivity contribution < 1.29 is 14.3 Å². The van der Waals surface area contributed by atoms with Crippen LogP contribution in [-0.4, -0.2) is 21.5 Å². The Hall–Kier alpha value is -3.02. The highest BCUT2D eigenvalue weighted by molar-refractivity contribution is 5.94. The summed E-state index contributed by atoms with van der Waals surface area (Å²) in [5.74, 6) is 0.392. The van der Waals surface area contributed by atoms with E-state index in [0.29, 0.717) is 11.3 Å². The average Bonchev–Trinajstić information content (AvgIpc) is 2.49. The molecule has 0 spiro atoms. The van der Waals surface area contributed by atoms with Crippen LogP contribution in [-0.2, 0) is 4.79 Å². The molecule has 0 fully saturated rings. The first kappa shape index (κ1) is 17.3. The number of aromatic amines is 1. The van der Waals surface area contributed by atoms with Gasteiger partial charge in [-0.2, -0.15) is 0 Å².